The monoisotopic (exact) mass is 414 g/mol. The molecule has 0 aliphatic heterocycles. The summed E-state index contributed by atoms with van der Waals surface area (Å²) in [6, 6.07) is 3.57. The highest BCUT2D eigenvalue weighted by molar-refractivity contribution is 7.09. The van der Waals surface area contributed by atoms with Crippen LogP contribution in [0.15, 0.2) is 37.1 Å². The van der Waals surface area contributed by atoms with Crippen LogP contribution in [0.1, 0.15) is 29.2 Å². The Hall–Kier alpha value is -3.11. The fraction of sp³-hybridized carbons (Fsp3) is 0.176. The second-order valence-corrected chi connectivity index (χ2v) is 7.69. The minimum Gasteiger partial charge on any atom is -0.365 e. The average Bonchev–Trinajstić information content (AvgIpc) is 3.24. The summed E-state index contributed by atoms with van der Waals surface area (Å²) in [5.41, 5.74) is 7.11. The van der Waals surface area contributed by atoms with Crippen LogP contribution in [0.3, 0.4) is 0 Å². The third-order valence-electron chi connectivity index (χ3n) is 4.10. The van der Waals surface area contributed by atoms with Gasteiger partial charge in [-0.2, -0.15) is 4.37 Å². The SMILES string of the molecule is CC(C)(Nc1ncc(-n2cnc3c(C(N)=O)snc32)cn1)c1ncccc1Cl. The third kappa shape index (κ3) is 3.16. The highest BCUT2D eigenvalue weighted by Crippen LogP contribution is 2.28. The van der Waals surface area contributed by atoms with E-state index in [9.17, 15) is 4.79 Å². The summed E-state index contributed by atoms with van der Waals surface area (Å²) in [6.07, 6.45) is 6.51. The number of fused-ring (bicyclic) bond motifs is 1. The van der Waals surface area contributed by atoms with Gasteiger partial charge in [-0.15, -0.1) is 0 Å². The molecule has 0 unspecified atom stereocenters. The van der Waals surface area contributed by atoms with Crippen LogP contribution in [0, 0.1) is 0 Å². The highest BCUT2D eigenvalue weighted by Gasteiger charge is 2.25. The molecule has 3 N–H and O–H groups in total. The number of pyridine rings is 1. The molecule has 9 nitrogen and oxygen atoms in total. The van der Waals surface area contributed by atoms with Crippen molar-refractivity contribution in [2.45, 2.75) is 19.4 Å². The van der Waals surface area contributed by atoms with Gasteiger partial charge in [0.05, 0.1) is 34.3 Å². The van der Waals surface area contributed by atoms with Crippen molar-refractivity contribution in [3.05, 3.63) is 52.6 Å². The number of nitrogens with two attached hydrogens (primary N) is 1. The number of carbonyl (C=O) groups excluding carboxylic acids is 1. The number of anilines is 1. The molecule has 4 aromatic heterocycles. The zero-order chi connectivity index (χ0) is 19.9. The molecule has 28 heavy (non-hydrogen) atoms. The topological polar surface area (TPSA) is 125 Å². The molecule has 0 saturated carbocycles. The summed E-state index contributed by atoms with van der Waals surface area (Å²) in [6.45, 7) is 3.89. The number of nitrogens with one attached hydrogen (secondary N) is 1. The summed E-state index contributed by atoms with van der Waals surface area (Å²) in [7, 11) is 0. The van der Waals surface area contributed by atoms with Crippen molar-refractivity contribution in [3.63, 3.8) is 0 Å². The van der Waals surface area contributed by atoms with Gasteiger partial charge in [0.25, 0.3) is 5.91 Å². The number of primary amides is 1. The zero-order valence-corrected chi connectivity index (χ0v) is 16.5. The molecule has 0 radical (unpaired) electrons. The van der Waals surface area contributed by atoms with E-state index in [2.05, 4.69) is 29.6 Å². The van der Waals surface area contributed by atoms with Crippen LogP contribution in [-0.2, 0) is 5.54 Å². The first-order valence-electron chi connectivity index (χ1n) is 8.21. The predicted molar refractivity (Wildman–Crippen MR) is 107 cm³/mol. The lowest BCUT2D eigenvalue weighted by molar-refractivity contribution is 0.101. The minimum atomic E-state index is -0.576. The lowest BCUT2D eigenvalue weighted by atomic mass is 10.00. The predicted octanol–water partition coefficient (Wildman–Crippen LogP) is 2.77. The van der Waals surface area contributed by atoms with Gasteiger partial charge in [-0.1, -0.05) is 11.6 Å². The normalized spacial score (nSPS) is 11.7. The van der Waals surface area contributed by atoms with Crippen molar-refractivity contribution in [1.82, 2.24) is 28.9 Å². The molecule has 1 amide bonds. The standard InChI is InChI=1S/C17H15ClN8OS/c1-17(2,13-10(18)4-3-5-20-13)24-16-21-6-9(7-22-16)26-8-23-11-12(14(19)27)28-25-15(11)26/h3-8H,1-2H3,(H2,19,27)(H,21,22,24). The zero-order valence-electron chi connectivity index (χ0n) is 14.9. The molecule has 0 bridgehead atoms. The summed E-state index contributed by atoms with van der Waals surface area (Å²) >= 11 is 7.27. The van der Waals surface area contributed by atoms with Gasteiger partial charge in [0.2, 0.25) is 5.95 Å². The number of imidazole rings is 1. The number of amides is 1. The minimum absolute atomic E-state index is 0.321. The van der Waals surface area contributed by atoms with Gasteiger partial charge < -0.3 is 11.1 Å². The van der Waals surface area contributed by atoms with E-state index in [-0.39, 0.29) is 0 Å². The summed E-state index contributed by atoms with van der Waals surface area (Å²) < 4.78 is 5.95. The average molecular weight is 415 g/mol. The van der Waals surface area contributed by atoms with Crippen molar-refractivity contribution in [2.24, 2.45) is 5.73 Å². The van der Waals surface area contributed by atoms with Gasteiger partial charge in [-0.3, -0.25) is 14.3 Å². The quantitative estimate of drug-likeness (QED) is 0.514. The van der Waals surface area contributed by atoms with Crippen LogP contribution < -0.4 is 11.1 Å². The number of carbonyl (C=O) groups is 1. The fourth-order valence-corrected chi connectivity index (χ4v) is 3.80. The van der Waals surface area contributed by atoms with Crippen molar-refractivity contribution < 1.29 is 4.79 Å². The number of halogens is 1. The molecule has 0 fully saturated rings. The second-order valence-electron chi connectivity index (χ2n) is 6.51. The van der Waals surface area contributed by atoms with E-state index in [1.165, 1.54) is 0 Å². The van der Waals surface area contributed by atoms with E-state index in [0.29, 0.717) is 38.4 Å². The molecule has 0 saturated heterocycles. The number of nitrogens with zero attached hydrogens (tertiary/aromatic N) is 6. The first kappa shape index (κ1) is 18.3. The Bertz CT molecular complexity index is 1170. The van der Waals surface area contributed by atoms with Crippen molar-refractivity contribution >= 4 is 46.2 Å². The molecule has 4 heterocycles. The Morgan fingerprint density at radius 3 is 2.68 bits per heavy atom. The Balaban J connectivity index is 1.61. The van der Waals surface area contributed by atoms with Crippen LogP contribution in [0.25, 0.3) is 16.9 Å². The van der Waals surface area contributed by atoms with Crippen LogP contribution in [0.4, 0.5) is 5.95 Å². The van der Waals surface area contributed by atoms with E-state index >= 15 is 0 Å². The smallest absolute Gasteiger partial charge is 0.262 e. The van der Waals surface area contributed by atoms with E-state index in [1.54, 1.807) is 41.6 Å². The van der Waals surface area contributed by atoms with Gasteiger partial charge >= 0.3 is 0 Å². The number of hydrogen-bond donors (Lipinski definition) is 2. The molecular weight excluding hydrogens is 400 g/mol. The van der Waals surface area contributed by atoms with E-state index in [4.69, 9.17) is 17.3 Å². The lowest BCUT2D eigenvalue weighted by Crippen LogP contribution is -2.30. The van der Waals surface area contributed by atoms with Crippen molar-refractivity contribution in [1.29, 1.82) is 0 Å². The highest BCUT2D eigenvalue weighted by atomic mass is 35.5. The van der Waals surface area contributed by atoms with Gasteiger partial charge in [-0.25, -0.2) is 15.0 Å². The van der Waals surface area contributed by atoms with Gasteiger partial charge in [0.1, 0.15) is 16.7 Å². The van der Waals surface area contributed by atoms with Gasteiger partial charge in [0, 0.05) is 6.20 Å². The van der Waals surface area contributed by atoms with Gasteiger partial charge in [-0.05, 0) is 37.5 Å². The van der Waals surface area contributed by atoms with Gasteiger partial charge in [0.15, 0.2) is 5.65 Å². The van der Waals surface area contributed by atoms with E-state index in [1.807, 2.05) is 13.8 Å². The summed E-state index contributed by atoms with van der Waals surface area (Å²) in [5.74, 6) is -0.133. The Kier molecular flexibility index (Phi) is 4.44. The molecule has 11 heteroatoms. The molecule has 0 aliphatic rings. The third-order valence-corrected chi connectivity index (χ3v) is 5.24. The maximum atomic E-state index is 11.4. The molecular formula is C17H15ClN8OS. The molecule has 142 valence electrons. The van der Waals surface area contributed by atoms with Crippen molar-refractivity contribution in [2.75, 3.05) is 5.32 Å². The molecule has 4 rings (SSSR count). The largest absolute Gasteiger partial charge is 0.365 e. The number of aromatic nitrogens is 6. The summed E-state index contributed by atoms with van der Waals surface area (Å²) in [4.78, 5) is 29.1. The summed E-state index contributed by atoms with van der Waals surface area (Å²) in [5, 5.41) is 3.80. The molecule has 0 aromatic carbocycles. The molecule has 4 aromatic rings. The van der Waals surface area contributed by atoms with Crippen LogP contribution in [-0.4, -0.2) is 34.8 Å². The lowest BCUT2D eigenvalue weighted by Gasteiger charge is -2.26. The molecule has 0 aliphatic carbocycles. The first-order valence-corrected chi connectivity index (χ1v) is 9.36. The maximum Gasteiger partial charge on any atom is 0.262 e. The Morgan fingerprint density at radius 2 is 2.00 bits per heavy atom. The van der Waals surface area contributed by atoms with Crippen molar-refractivity contribution in [3.8, 4) is 5.69 Å². The fourth-order valence-electron chi connectivity index (χ4n) is 2.77. The second kappa shape index (κ2) is 6.80. The molecule has 0 spiro atoms. The van der Waals surface area contributed by atoms with Crippen LogP contribution in [0.5, 0.6) is 0 Å². The number of hydrogen-bond acceptors (Lipinski definition) is 8. The Morgan fingerprint density at radius 1 is 1.25 bits per heavy atom. The van der Waals surface area contributed by atoms with Crippen LogP contribution >= 0.6 is 23.1 Å². The Labute approximate surface area is 168 Å². The van der Waals surface area contributed by atoms with E-state index < -0.39 is 11.4 Å². The van der Waals surface area contributed by atoms with E-state index in [0.717, 1.165) is 11.5 Å². The maximum absolute atomic E-state index is 11.4. The molecule has 0 atom stereocenters. The first-order chi connectivity index (χ1) is 13.4. The number of rotatable bonds is 5. The van der Waals surface area contributed by atoms with Crippen LogP contribution in [0.2, 0.25) is 5.02 Å².